The van der Waals surface area contributed by atoms with E-state index in [1.807, 2.05) is 143 Å². The third-order valence-electron chi connectivity index (χ3n) is 12.4. The Morgan fingerprint density at radius 2 is 1.27 bits per heavy atom. The first-order valence-electron chi connectivity index (χ1n) is 24.6. The third kappa shape index (κ3) is 7.94. The number of phenolic OH excluding ortho intramolecular Hbond substituents is 1. The van der Waals surface area contributed by atoms with Crippen LogP contribution in [0.5, 0.6) is 5.75 Å². The van der Waals surface area contributed by atoms with E-state index < -0.39 is 18.6 Å². The van der Waals surface area contributed by atoms with Gasteiger partial charge in [0, 0.05) is 24.2 Å². The molecule has 0 saturated heterocycles. The number of aryl methyl sites for hydroxylation is 3. The first-order valence-corrected chi connectivity index (χ1v) is 22.1. The number of hydrogen-bond donors (Lipinski definition) is 1. The van der Waals surface area contributed by atoms with E-state index in [2.05, 4.69) is 68.4 Å². The summed E-state index contributed by atoms with van der Waals surface area (Å²) in [6.45, 7) is 13.0. The molecule has 64 heavy (non-hydrogen) atoms. The Hall–Kier alpha value is -7.04. The number of aromatic hydroxyl groups is 1. The summed E-state index contributed by atoms with van der Waals surface area (Å²) in [4.78, 5) is 10.3. The Morgan fingerprint density at radius 3 is 2.00 bits per heavy atom. The van der Waals surface area contributed by atoms with Crippen LogP contribution in [0.25, 0.3) is 83.9 Å². The lowest BCUT2D eigenvalue weighted by atomic mass is 9.84. The van der Waals surface area contributed by atoms with E-state index in [1.165, 1.54) is 0 Å². The molecule has 0 saturated carbocycles. The summed E-state index contributed by atoms with van der Waals surface area (Å²) in [5.74, 6) is -1.07. The first-order chi connectivity index (χ1) is 32.7. The summed E-state index contributed by atoms with van der Waals surface area (Å²) >= 11 is 0. The molecule has 1 N–H and O–H groups in total. The predicted molar refractivity (Wildman–Crippen MR) is 270 cm³/mol. The van der Waals surface area contributed by atoms with Crippen molar-refractivity contribution < 1.29 is 12.0 Å². The molecule has 4 nitrogen and oxygen atoms in total. The van der Waals surface area contributed by atoms with Crippen molar-refractivity contribution in [3.05, 3.63) is 191 Å². The highest BCUT2D eigenvalue weighted by Crippen LogP contribution is 2.43. The van der Waals surface area contributed by atoms with Crippen LogP contribution in [-0.4, -0.2) is 19.6 Å². The van der Waals surface area contributed by atoms with Gasteiger partial charge in [0.15, 0.2) is 0 Å². The largest absolute Gasteiger partial charge is 0.507 e. The molecular formula is C60H57N3O. The molecular weight excluding hydrogens is 779 g/mol. The Morgan fingerprint density at radius 1 is 0.562 bits per heavy atom. The lowest BCUT2D eigenvalue weighted by molar-refractivity contribution is 0.472. The maximum atomic E-state index is 11.9. The van der Waals surface area contributed by atoms with Gasteiger partial charge in [-0.25, -0.2) is 4.98 Å². The molecule has 0 bridgehead atoms. The van der Waals surface area contributed by atoms with E-state index in [0.717, 1.165) is 78.0 Å². The average molecular weight is 841 g/mol. The standard InChI is InChI=1S/C60H57N3O/c1-36(2)42-21-23-44(24-22-42)45-27-28-61-54(35-45)49-33-47(43-15-11-10-12-16-43)32-48(34-49)52-19-14-20-56-58(52)62-60(53-30-39(7)29-41(9)59(53)64)63(56)55-26-25-46(31-40(55)8)57-50(37(3)4)17-13-18-51(57)38(5)6/h10-38,64H,1-9H3/i8D3,36D,37D. The summed E-state index contributed by atoms with van der Waals surface area (Å²) in [6, 6.07) is 50.3. The number of fused-ring (bicyclic) bond motifs is 1. The monoisotopic (exact) mass is 840 g/mol. The molecule has 0 aliphatic rings. The molecule has 0 aliphatic heterocycles. The molecule has 9 aromatic rings. The lowest BCUT2D eigenvalue weighted by Gasteiger charge is -2.21. The van der Waals surface area contributed by atoms with E-state index in [1.54, 1.807) is 6.07 Å². The Bertz CT molecular complexity index is 3390. The Labute approximate surface area is 386 Å². The second-order valence-corrected chi connectivity index (χ2v) is 17.8. The molecule has 0 radical (unpaired) electrons. The molecule has 318 valence electrons. The van der Waals surface area contributed by atoms with Crippen LogP contribution in [-0.2, 0) is 0 Å². The second kappa shape index (κ2) is 17.3. The van der Waals surface area contributed by atoms with Crippen LogP contribution in [0.2, 0.25) is 0 Å². The number of pyridine rings is 1. The highest BCUT2D eigenvalue weighted by molar-refractivity contribution is 5.98. The minimum atomic E-state index is -2.56. The molecule has 2 heterocycles. The van der Waals surface area contributed by atoms with Crippen molar-refractivity contribution in [3.63, 3.8) is 0 Å². The summed E-state index contributed by atoms with van der Waals surface area (Å²) in [6.07, 6.45) is 1.83. The number of hydrogen-bond acceptors (Lipinski definition) is 3. The number of rotatable bonds is 10. The Balaban J connectivity index is 1.30. The van der Waals surface area contributed by atoms with Crippen molar-refractivity contribution >= 4 is 11.0 Å². The van der Waals surface area contributed by atoms with Gasteiger partial charge in [-0.15, -0.1) is 0 Å². The summed E-state index contributed by atoms with van der Waals surface area (Å²) in [5, 5.41) is 11.9. The van der Waals surface area contributed by atoms with Gasteiger partial charge in [0.25, 0.3) is 0 Å². The first kappa shape index (κ1) is 36.4. The quantitative estimate of drug-likeness (QED) is 0.149. The highest BCUT2D eigenvalue weighted by atomic mass is 16.3. The molecule has 9 rings (SSSR count). The molecule has 0 unspecified atom stereocenters. The highest BCUT2D eigenvalue weighted by Gasteiger charge is 2.24. The number of benzene rings is 7. The maximum absolute atomic E-state index is 11.9. The zero-order chi connectivity index (χ0) is 49.2. The molecule has 0 fully saturated rings. The van der Waals surface area contributed by atoms with Crippen molar-refractivity contribution in [1.29, 1.82) is 0 Å². The summed E-state index contributed by atoms with van der Waals surface area (Å²) in [5.41, 5.74) is 15.7. The van der Waals surface area contributed by atoms with Gasteiger partial charge in [-0.3, -0.25) is 9.55 Å². The van der Waals surface area contributed by atoms with E-state index in [9.17, 15) is 5.11 Å². The fourth-order valence-electron chi connectivity index (χ4n) is 9.06. The van der Waals surface area contributed by atoms with Gasteiger partial charge >= 0.3 is 0 Å². The second-order valence-electron chi connectivity index (χ2n) is 17.8. The molecule has 7 aromatic carbocycles. The van der Waals surface area contributed by atoms with Gasteiger partial charge in [-0.1, -0.05) is 139 Å². The van der Waals surface area contributed by atoms with Crippen molar-refractivity contribution in [2.45, 2.75) is 79.9 Å². The van der Waals surface area contributed by atoms with Crippen molar-refractivity contribution in [2.24, 2.45) is 0 Å². The normalized spacial score (nSPS) is 13.4. The third-order valence-corrected chi connectivity index (χ3v) is 12.4. The number of nitrogens with zero attached hydrogens (tertiary/aromatic N) is 3. The smallest absolute Gasteiger partial charge is 0.149 e. The number of aromatic nitrogens is 3. The Kier molecular flexibility index (Phi) is 9.83. The summed E-state index contributed by atoms with van der Waals surface area (Å²) < 4.78 is 46.8. The number of imidazole rings is 1. The topological polar surface area (TPSA) is 50.9 Å². The lowest BCUT2D eigenvalue weighted by Crippen LogP contribution is -2.03. The summed E-state index contributed by atoms with van der Waals surface area (Å²) in [7, 11) is 0. The van der Waals surface area contributed by atoms with Gasteiger partial charge in [-0.05, 0) is 165 Å². The molecule has 2 aromatic heterocycles. The van der Waals surface area contributed by atoms with Gasteiger partial charge in [-0.2, -0.15) is 0 Å². The van der Waals surface area contributed by atoms with E-state index in [4.69, 9.17) is 16.8 Å². The SMILES string of the molecule is [2H]C([2H])([2H])c1cc(-c2c(C(C)C)cccc2C([2H])(C)C)ccc1-n1c(-c2cc(C)cc(C)c2O)nc2c(-c3cc(-c4ccccc4)cc(-c4cc(-c5ccc(C([2H])(C)C)cc5)ccn4)c3)cccc21. The van der Waals surface area contributed by atoms with Gasteiger partial charge in [0.1, 0.15) is 11.6 Å². The fourth-order valence-corrected chi connectivity index (χ4v) is 9.06. The molecule has 0 spiro atoms. The van der Waals surface area contributed by atoms with Crippen LogP contribution in [0.4, 0.5) is 0 Å². The predicted octanol–water partition coefficient (Wildman–Crippen LogP) is 16.4. The van der Waals surface area contributed by atoms with Gasteiger partial charge in [0.05, 0.1) is 28.0 Å². The van der Waals surface area contributed by atoms with E-state index in [-0.39, 0.29) is 17.2 Å². The zero-order valence-electron chi connectivity index (χ0n) is 42.9. The minimum Gasteiger partial charge on any atom is -0.507 e. The van der Waals surface area contributed by atoms with Crippen LogP contribution in [0.15, 0.2) is 158 Å². The van der Waals surface area contributed by atoms with Crippen LogP contribution in [0.3, 0.4) is 0 Å². The van der Waals surface area contributed by atoms with E-state index >= 15 is 0 Å². The zero-order valence-corrected chi connectivity index (χ0v) is 37.9. The van der Waals surface area contributed by atoms with Crippen LogP contribution in [0.1, 0.15) is 99.5 Å². The van der Waals surface area contributed by atoms with Crippen molar-refractivity contribution in [2.75, 3.05) is 0 Å². The molecule has 4 heteroatoms. The molecule has 0 aliphatic carbocycles. The van der Waals surface area contributed by atoms with Gasteiger partial charge < -0.3 is 5.11 Å². The van der Waals surface area contributed by atoms with Crippen molar-refractivity contribution in [3.8, 4) is 78.6 Å². The average Bonchev–Trinajstić information content (AvgIpc) is 3.71. The van der Waals surface area contributed by atoms with Crippen LogP contribution >= 0.6 is 0 Å². The fraction of sp³-hybridized carbons (Fsp3) is 0.200. The van der Waals surface area contributed by atoms with Crippen LogP contribution < -0.4 is 0 Å². The minimum absolute atomic E-state index is 0.0660. The number of phenols is 1. The van der Waals surface area contributed by atoms with Gasteiger partial charge in [0.2, 0.25) is 0 Å². The van der Waals surface area contributed by atoms with Crippen LogP contribution in [0, 0.1) is 20.7 Å². The molecule has 0 atom stereocenters. The maximum Gasteiger partial charge on any atom is 0.149 e. The molecule has 0 amide bonds. The number of para-hydroxylation sites is 1. The van der Waals surface area contributed by atoms with E-state index in [0.29, 0.717) is 33.7 Å². The van der Waals surface area contributed by atoms with Crippen molar-refractivity contribution in [1.82, 2.24) is 14.5 Å².